The van der Waals surface area contributed by atoms with Crippen LogP contribution in [0.3, 0.4) is 0 Å². The van der Waals surface area contributed by atoms with Crippen LogP contribution in [0, 0.1) is 0 Å². The first-order valence-corrected chi connectivity index (χ1v) is 9.20. The fourth-order valence-corrected chi connectivity index (χ4v) is 2.72. The van der Waals surface area contributed by atoms with Gasteiger partial charge in [0, 0.05) is 12.2 Å². The van der Waals surface area contributed by atoms with Crippen molar-refractivity contribution in [1.29, 1.82) is 0 Å². The van der Waals surface area contributed by atoms with Crippen LogP contribution in [-0.4, -0.2) is 20.9 Å². The van der Waals surface area contributed by atoms with Gasteiger partial charge in [-0.3, -0.25) is 4.99 Å². The van der Waals surface area contributed by atoms with Crippen molar-refractivity contribution in [3.05, 3.63) is 59.7 Å². The molecule has 24 heavy (non-hydrogen) atoms. The molecule has 0 fully saturated rings. The number of aryl methyl sites for hydroxylation is 1. The van der Waals surface area contributed by atoms with Gasteiger partial charge in [0.2, 0.25) is 10.0 Å². The Labute approximate surface area is 142 Å². The SMILES string of the molecule is CCc1cccc(NC(N)=NCCc2ccc(S(N)(=O)=O)cc2)c1. The van der Waals surface area contributed by atoms with Gasteiger partial charge in [0.1, 0.15) is 0 Å². The molecule has 2 rings (SSSR count). The number of guanidine groups is 1. The zero-order valence-corrected chi connectivity index (χ0v) is 14.4. The monoisotopic (exact) mass is 346 g/mol. The third kappa shape index (κ3) is 5.36. The molecule has 6 nitrogen and oxygen atoms in total. The molecule has 0 aliphatic carbocycles. The van der Waals surface area contributed by atoms with Gasteiger partial charge >= 0.3 is 0 Å². The smallest absolute Gasteiger partial charge is 0.238 e. The van der Waals surface area contributed by atoms with Crippen molar-refractivity contribution in [1.82, 2.24) is 0 Å². The number of nitrogens with zero attached hydrogens (tertiary/aromatic N) is 1. The Bertz CT molecular complexity index is 815. The minimum Gasteiger partial charge on any atom is -0.370 e. The molecule has 0 aliphatic rings. The predicted octanol–water partition coefficient (Wildman–Crippen LogP) is 1.87. The molecule has 0 radical (unpaired) electrons. The van der Waals surface area contributed by atoms with Crippen LogP contribution in [0.15, 0.2) is 58.4 Å². The lowest BCUT2D eigenvalue weighted by atomic mass is 10.1. The van der Waals surface area contributed by atoms with E-state index in [1.807, 2.05) is 18.2 Å². The van der Waals surface area contributed by atoms with Gasteiger partial charge in [-0.15, -0.1) is 0 Å². The van der Waals surface area contributed by atoms with Crippen LogP contribution in [0.25, 0.3) is 0 Å². The van der Waals surface area contributed by atoms with Gasteiger partial charge in [-0.1, -0.05) is 31.2 Å². The normalized spacial score (nSPS) is 12.2. The van der Waals surface area contributed by atoms with Gasteiger partial charge < -0.3 is 11.1 Å². The minimum absolute atomic E-state index is 0.103. The summed E-state index contributed by atoms with van der Waals surface area (Å²) in [5.74, 6) is 0.351. The van der Waals surface area contributed by atoms with Crippen LogP contribution in [0.5, 0.6) is 0 Å². The third-order valence-electron chi connectivity index (χ3n) is 3.54. The Morgan fingerprint density at radius 2 is 1.83 bits per heavy atom. The Balaban J connectivity index is 1.91. The number of hydrogen-bond donors (Lipinski definition) is 3. The van der Waals surface area contributed by atoms with Crippen LogP contribution in [0.4, 0.5) is 5.69 Å². The van der Waals surface area contributed by atoms with Crippen LogP contribution >= 0.6 is 0 Å². The van der Waals surface area contributed by atoms with E-state index in [1.54, 1.807) is 12.1 Å². The summed E-state index contributed by atoms with van der Waals surface area (Å²) in [4.78, 5) is 4.39. The van der Waals surface area contributed by atoms with Gasteiger partial charge in [0.25, 0.3) is 0 Å². The fourth-order valence-electron chi connectivity index (χ4n) is 2.21. The lowest BCUT2D eigenvalue weighted by Gasteiger charge is -2.07. The number of benzene rings is 2. The molecule has 2 aromatic carbocycles. The maximum atomic E-state index is 11.2. The molecule has 0 saturated heterocycles. The zero-order valence-electron chi connectivity index (χ0n) is 13.6. The summed E-state index contributed by atoms with van der Waals surface area (Å²) in [5, 5.41) is 8.13. The van der Waals surface area contributed by atoms with E-state index in [1.165, 1.54) is 17.7 Å². The maximum Gasteiger partial charge on any atom is 0.238 e. The second kappa shape index (κ2) is 7.94. The standard InChI is InChI=1S/C17H22N4O2S/c1-2-13-4-3-5-15(12-13)21-17(18)20-11-10-14-6-8-16(9-7-14)24(19,22)23/h3-9,12H,2,10-11H2,1H3,(H3,18,20,21)(H2,19,22,23). The molecule has 0 heterocycles. The van der Waals surface area contributed by atoms with E-state index < -0.39 is 10.0 Å². The number of nitrogens with two attached hydrogens (primary N) is 2. The number of aliphatic imine (C=N–C) groups is 1. The van der Waals surface area contributed by atoms with Gasteiger partial charge in [-0.2, -0.15) is 0 Å². The maximum absolute atomic E-state index is 11.2. The van der Waals surface area contributed by atoms with Crippen molar-refractivity contribution in [3.8, 4) is 0 Å². The molecule has 2 aromatic rings. The summed E-state index contributed by atoms with van der Waals surface area (Å²) in [6.45, 7) is 2.60. The first-order chi connectivity index (χ1) is 11.4. The Morgan fingerprint density at radius 3 is 2.46 bits per heavy atom. The quantitative estimate of drug-likeness (QED) is 0.547. The molecule has 7 heteroatoms. The molecule has 0 unspecified atom stereocenters. The molecule has 0 bridgehead atoms. The Hall–Kier alpha value is -2.38. The fraction of sp³-hybridized carbons (Fsp3) is 0.235. The third-order valence-corrected chi connectivity index (χ3v) is 4.47. The van der Waals surface area contributed by atoms with E-state index in [4.69, 9.17) is 10.9 Å². The molecule has 0 spiro atoms. The van der Waals surface area contributed by atoms with Gasteiger partial charge in [0.15, 0.2) is 5.96 Å². The van der Waals surface area contributed by atoms with E-state index >= 15 is 0 Å². The van der Waals surface area contributed by atoms with E-state index in [0.717, 1.165) is 17.7 Å². The largest absolute Gasteiger partial charge is 0.370 e. The second-order valence-electron chi connectivity index (χ2n) is 5.38. The van der Waals surface area contributed by atoms with Crippen LogP contribution in [-0.2, 0) is 22.9 Å². The molecule has 0 amide bonds. The zero-order chi connectivity index (χ0) is 17.6. The second-order valence-corrected chi connectivity index (χ2v) is 6.95. The van der Waals surface area contributed by atoms with Crippen LogP contribution in [0.2, 0.25) is 0 Å². The molecule has 0 saturated carbocycles. The molecule has 5 N–H and O–H groups in total. The number of primary sulfonamides is 1. The summed E-state index contributed by atoms with van der Waals surface area (Å²) in [5.41, 5.74) is 8.99. The number of sulfonamides is 1. The summed E-state index contributed by atoms with van der Waals surface area (Å²) < 4.78 is 22.4. The van der Waals surface area contributed by atoms with E-state index in [2.05, 4.69) is 23.3 Å². The lowest BCUT2D eigenvalue weighted by Crippen LogP contribution is -2.23. The highest BCUT2D eigenvalue weighted by Crippen LogP contribution is 2.11. The van der Waals surface area contributed by atoms with Crippen molar-refractivity contribution in [2.45, 2.75) is 24.7 Å². The van der Waals surface area contributed by atoms with E-state index in [0.29, 0.717) is 18.9 Å². The highest BCUT2D eigenvalue weighted by atomic mass is 32.2. The molecular weight excluding hydrogens is 324 g/mol. The van der Waals surface area contributed by atoms with Gasteiger partial charge in [0.05, 0.1) is 4.90 Å². The van der Waals surface area contributed by atoms with Crippen molar-refractivity contribution in [2.75, 3.05) is 11.9 Å². The molecule has 0 aromatic heterocycles. The number of anilines is 1. The van der Waals surface area contributed by atoms with Crippen molar-refractivity contribution < 1.29 is 8.42 Å². The number of nitrogens with one attached hydrogen (secondary N) is 1. The summed E-state index contributed by atoms with van der Waals surface area (Å²) >= 11 is 0. The summed E-state index contributed by atoms with van der Waals surface area (Å²) in [6, 6.07) is 14.4. The van der Waals surface area contributed by atoms with E-state index in [-0.39, 0.29) is 4.90 Å². The first-order valence-electron chi connectivity index (χ1n) is 7.66. The Morgan fingerprint density at radius 1 is 1.12 bits per heavy atom. The number of hydrogen-bond acceptors (Lipinski definition) is 3. The molecular formula is C17H22N4O2S. The van der Waals surface area contributed by atoms with Gasteiger partial charge in [-0.05, 0) is 48.2 Å². The Kier molecular flexibility index (Phi) is 5.94. The average Bonchev–Trinajstić information content (AvgIpc) is 2.54. The lowest BCUT2D eigenvalue weighted by molar-refractivity contribution is 0.598. The average molecular weight is 346 g/mol. The van der Waals surface area contributed by atoms with Crippen LogP contribution < -0.4 is 16.2 Å². The highest BCUT2D eigenvalue weighted by molar-refractivity contribution is 7.89. The summed E-state index contributed by atoms with van der Waals surface area (Å²) in [7, 11) is -3.65. The minimum atomic E-state index is -3.65. The molecule has 0 atom stereocenters. The molecule has 128 valence electrons. The van der Waals surface area contributed by atoms with Crippen molar-refractivity contribution >= 4 is 21.7 Å². The van der Waals surface area contributed by atoms with Crippen molar-refractivity contribution in [2.24, 2.45) is 15.9 Å². The van der Waals surface area contributed by atoms with E-state index in [9.17, 15) is 8.42 Å². The first kappa shape index (κ1) is 18.0. The topological polar surface area (TPSA) is 111 Å². The highest BCUT2D eigenvalue weighted by Gasteiger charge is 2.06. The molecule has 0 aliphatic heterocycles. The number of rotatable bonds is 6. The van der Waals surface area contributed by atoms with Crippen molar-refractivity contribution in [3.63, 3.8) is 0 Å². The van der Waals surface area contributed by atoms with Gasteiger partial charge in [-0.25, -0.2) is 13.6 Å². The predicted molar refractivity (Wildman–Crippen MR) is 97.5 cm³/mol. The summed E-state index contributed by atoms with van der Waals surface area (Å²) in [6.07, 6.45) is 1.61. The van der Waals surface area contributed by atoms with Crippen LogP contribution in [0.1, 0.15) is 18.1 Å².